The molecule has 8 bridgehead atoms. The summed E-state index contributed by atoms with van der Waals surface area (Å²) in [5.74, 6) is -8.59. The number of likely N-dealkylation sites (tertiary alicyclic amines) is 2. The van der Waals surface area contributed by atoms with E-state index in [-0.39, 0.29) is 76.3 Å². The summed E-state index contributed by atoms with van der Waals surface area (Å²) in [6, 6.07) is 25.6. The van der Waals surface area contributed by atoms with Gasteiger partial charge in [0.15, 0.2) is 0 Å². The van der Waals surface area contributed by atoms with E-state index in [1.165, 1.54) is 34.1 Å². The van der Waals surface area contributed by atoms with Crippen LogP contribution in [0, 0.1) is 11.3 Å². The first-order valence-corrected chi connectivity index (χ1v) is 36.5. The van der Waals surface area contributed by atoms with Crippen molar-refractivity contribution in [3.63, 3.8) is 0 Å². The minimum atomic E-state index is -1.59. The molecule has 9 amide bonds. The molecule has 6 aromatic carbocycles. The molecule has 0 spiro atoms. The number of benzene rings is 6. The van der Waals surface area contributed by atoms with E-state index in [0.717, 1.165) is 21.5 Å². The third-order valence-corrected chi connectivity index (χ3v) is 20.5. The highest BCUT2D eigenvalue weighted by atomic mass is 16.5. The maximum Gasteiger partial charge on any atom is 0.326 e. The van der Waals surface area contributed by atoms with Gasteiger partial charge in [0.1, 0.15) is 60.7 Å². The molecule has 12 N–H and O–H groups in total. The van der Waals surface area contributed by atoms with Crippen molar-refractivity contribution in [1.29, 1.82) is 0 Å². The molecule has 13 rings (SSSR count). The van der Waals surface area contributed by atoms with Gasteiger partial charge in [0.25, 0.3) is 5.91 Å². The van der Waals surface area contributed by atoms with Gasteiger partial charge in [0, 0.05) is 56.8 Å². The quantitative estimate of drug-likeness (QED) is 0.0657. The van der Waals surface area contributed by atoms with Crippen LogP contribution < -0.4 is 57.9 Å². The van der Waals surface area contributed by atoms with Crippen LogP contribution in [-0.4, -0.2) is 211 Å². The molecule has 7 aliphatic rings. The number of ether oxygens (including phenoxy) is 2. The molecule has 27 heteroatoms. The molecule has 0 aromatic heterocycles. The van der Waals surface area contributed by atoms with Crippen LogP contribution in [0.5, 0.6) is 5.75 Å². The van der Waals surface area contributed by atoms with Gasteiger partial charge in [-0.3, -0.25) is 43.2 Å². The number of hydrogen-bond donors (Lipinski definition) is 12. The van der Waals surface area contributed by atoms with Crippen molar-refractivity contribution >= 4 is 86.6 Å². The first kappa shape index (κ1) is 79.0. The number of carboxylic acids is 2. The molecule has 3 saturated heterocycles. The molecular weight excluding hydrogens is 1370 g/mol. The van der Waals surface area contributed by atoms with Crippen molar-refractivity contribution in [2.24, 2.45) is 11.3 Å². The minimum Gasteiger partial charge on any atom is -0.490 e. The number of likely N-dealkylation sites (N-methyl/N-ethyl adjacent to an activating group) is 2. The Balaban J connectivity index is 0.975. The molecule has 3 fully saturated rings. The lowest BCUT2D eigenvalue weighted by Gasteiger charge is -2.36. The average Bonchev–Trinajstić information content (AvgIpc) is 1.69. The van der Waals surface area contributed by atoms with Crippen molar-refractivity contribution in [3.05, 3.63) is 173 Å². The summed E-state index contributed by atoms with van der Waals surface area (Å²) in [4.78, 5) is 161. The number of hydrogen-bond acceptors (Lipinski definition) is 16. The molecule has 12 atom stereocenters. The van der Waals surface area contributed by atoms with Crippen molar-refractivity contribution < 1.29 is 72.4 Å². The van der Waals surface area contributed by atoms with Crippen molar-refractivity contribution in [2.45, 2.75) is 159 Å². The van der Waals surface area contributed by atoms with Gasteiger partial charge in [-0.05, 0) is 146 Å². The normalized spacial score (nSPS) is 23.4. The van der Waals surface area contributed by atoms with E-state index in [1.54, 1.807) is 91.2 Å². The molecule has 7 aliphatic heterocycles. The van der Waals surface area contributed by atoms with Gasteiger partial charge in [-0.2, -0.15) is 0 Å². The van der Waals surface area contributed by atoms with Crippen LogP contribution in [0.2, 0.25) is 0 Å². The largest absolute Gasteiger partial charge is 0.490 e. The molecule has 6 aromatic rings. The Bertz CT molecular complexity index is 4260. The van der Waals surface area contributed by atoms with Crippen LogP contribution >= 0.6 is 0 Å². The molecule has 7 heterocycles. The maximum absolute atomic E-state index is 15.2. The van der Waals surface area contributed by atoms with Crippen molar-refractivity contribution in [1.82, 2.24) is 63.0 Å². The lowest BCUT2D eigenvalue weighted by atomic mass is 9.85. The number of fused-ring (bicyclic) bond motifs is 2. The lowest BCUT2D eigenvalue weighted by Crippen LogP contribution is -2.61. The van der Waals surface area contributed by atoms with E-state index in [2.05, 4.69) is 53.2 Å². The smallest absolute Gasteiger partial charge is 0.326 e. The predicted molar refractivity (Wildman–Crippen MR) is 400 cm³/mol. The number of piperidine rings is 1. The lowest BCUT2D eigenvalue weighted by molar-refractivity contribution is -0.145. The first-order valence-electron chi connectivity index (χ1n) is 36.5. The number of aliphatic carboxylic acids is 2. The second-order valence-electron chi connectivity index (χ2n) is 29.2. The average molecular weight is 1470 g/mol. The molecule has 2 unspecified atom stereocenters. The van der Waals surface area contributed by atoms with E-state index in [1.807, 2.05) is 78.9 Å². The standard InChI is InChI=1S/C80H98N12O15/c1-46(81-6)69(93)89-67(54-30-32-83-33-31-54)76(100)92-45-60-43-66(92)75(99)86-62(41-51-21-25-53-15-9-11-17-57(53)37-51)73(97)87-63(78(102)103)38-48-18-26-55(27-19-48)71(95)84-58-42-65(91(44-58)77(101)68(80(3,4)5)90-70(94)47(2)82-7)74(98)85-61(40-50-20-24-52-14-8-10-16-56(52)36-50)72(96)88-64(79(104)105)39-49-22-28-59(29-23-49)106-34-12-13-35-107-60/h8-29,36-37,46-47,54,58,60-68,81-83H,30-35,38-45H2,1-7H3,(H,84,95)(H,85,98)(H,86,99)(H,87,97)(H,88,96)(H,89,93)(H,90,94)(H,102,103)(H,104,105)/b13-12+/t46-,47-,58-,60?,61-,62-,63-,64-,65-,66?,67-,68+/m0/s1. The summed E-state index contributed by atoms with van der Waals surface area (Å²) >= 11 is 0. The van der Waals surface area contributed by atoms with Gasteiger partial charge in [-0.25, -0.2) is 9.59 Å². The Morgan fingerprint density at radius 2 is 1.04 bits per heavy atom. The minimum absolute atomic E-state index is 0.0148. The van der Waals surface area contributed by atoms with Gasteiger partial charge in [-0.1, -0.05) is 136 Å². The summed E-state index contributed by atoms with van der Waals surface area (Å²) in [6.45, 7) is 9.48. The van der Waals surface area contributed by atoms with Crippen LogP contribution in [0.4, 0.5) is 0 Å². The van der Waals surface area contributed by atoms with Crippen molar-refractivity contribution in [3.8, 4) is 5.75 Å². The van der Waals surface area contributed by atoms with Gasteiger partial charge in [0.2, 0.25) is 47.3 Å². The number of carboxylic acid groups (broad SMARTS) is 2. The van der Waals surface area contributed by atoms with E-state index in [9.17, 15) is 43.8 Å². The van der Waals surface area contributed by atoms with E-state index >= 15 is 19.2 Å². The molecule has 0 saturated carbocycles. The van der Waals surface area contributed by atoms with Crippen LogP contribution in [0.25, 0.3) is 21.5 Å². The van der Waals surface area contributed by atoms with Crippen LogP contribution in [0.3, 0.4) is 0 Å². The summed E-state index contributed by atoms with van der Waals surface area (Å²) in [7, 11) is 3.22. The highest BCUT2D eigenvalue weighted by Crippen LogP contribution is 2.30. The van der Waals surface area contributed by atoms with Crippen molar-refractivity contribution in [2.75, 3.05) is 53.5 Å². The Morgan fingerprint density at radius 1 is 0.551 bits per heavy atom. The number of nitrogens with one attached hydrogen (secondary N) is 10. The topological polar surface area (TPSA) is 373 Å². The second kappa shape index (κ2) is 36.1. The number of amides is 9. The number of nitrogens with zero attached hydrogens (tertiary/aromatic N) is 2. The highest BCUT2D eigenvalue weighted by Gasteiger charge is 2.48. The Morgan fingerprint density at radius 3 is 1.55 bits per heavy atom. The molecule has 568 valence electrons. The highest BCUT2D eigenvalue weighted by molar-refractivity contribution is 5.99. The first-order chi connectivity index (χ1) is 51.2. The Kier molecular flexibility index (Phi) is 26.7. The van der Waals surface area contributed by atoms with E-state index in [0.29, 0.717) is 53.9 Å². The molecule has 27 nitrogen and oxygen atoms in total. The fourth-order valence-corrected chi connectivity index (χ4v) is 14.0. The summed E-state index contributed by atoms with van der Waals surface area (Å²) in [5, 5.41) is 54.0. The van der Waals surface area contributed by atoms with E-state index in [4.69, 9.17) is 9.47 Å². The van der Waals surface area contributed by atoms with E-state index < -0.39 is 143 Å². The molecule has 0 radical (unpaired) electrons. The fraction of sp³-hybridized carbons (Fsp3) is 0.438. The Labute approximate surface area is 621 Å². The van der Waals surface area contributed by atoms with Crippen LogP contribution in [0.15, 0.2) is 146 Å². The molecular formula is C80H98N12O15. The van der Waals surface area contributed by atoms with Gasteiger partial charge in [-0.15, -0.1) is 0 Å². The predicted octanol–water partition coefficient (Wildman–Crippen LogP) is 3.24. The second-order valence-corrected chi connectivity index (χ2v) is 29.2. The van der Waals surface area contributed by atoms with Gasteiger partial charge >= 0.3 is 11.9 Å². The molecule has 107 heavy (non-hydrogen) atoms. The van der Waals surface area contributed by atoms with Gasteiger partial charge in [0.05, 0.1) is 24.8 Å². The van der Waals surface area contributed by atoms with Gasteiger partial charge < -0.3 is 82.7 Å². The fourth-order valence-electron chi connectivity index (χ4n) is 14.0. The van der Waals surface area contributed by atoms with Crippen LogP contribution in [0.1, 0.15) is 92.9 Å². The monoisotopic (exact) mass is 1470 g/mol. The summed E-state index contributed by atoms with van der Waals surface area (Å²) < 4.78 is 12.4. The number of rotatable bonds is 15. The molecule has 0 aliphatic carbocycles. The third-order valence-electron chi connectivity index (χ3n) is 20.5. The Hall–Kier alpha value is -10.6. The zero-order valence-corrected chi connectivity index (χ0v) is 61.4. The zero-order valence-electron chi connectivity index (χ0n) is 61.4. The summed E-state index contributed by atoms with van der Waals surface area (Å²) in [5.41, 5.74) is 1.31. The number of carbonyl (C=O) groups is 11. The number of carbonyl (C=O) groups excluding carboxylic acids is 9. The summed E-state index contributed by atoms with van der Waals surface area (Å²) in [6.07, 6.45) is 2.89. The SMILES string of the molecule is CN[C@@H](C)C(=O)N[C@H](C(=O)N1CC2CC1C(=O)N[C@@H](Cc1ccc3ccccc3c1)C(=O)N[C@H](C(=O)O)Cc1ccc(cc1)C(=O)N[C@H]1C[C@@H](C(=O)N[C@@H](Cc3ccc4ccccc4c3)C(=O)N[C@H](C(=O)O)Cc3ccc(cc3)OC/C=C/CO2)N(C(=O)[C@@H](NC(=O)[C@H](C)NC)C(C)(C)C)C1)C1CCNCC1. The van der Waals surface area contributed by atoms with Crippen LogP contribution in [-0.2, 0) is 78.4 Å². The maximum atomic E-state index is 15.2. The third kappa shape index (κ3) is 20.7. The zero-order chi connectivity index (χ0) is 76.6.